The summed E-state index contributed by atoms with van der Waals surface area (Å²) < 4.78 is 19.0. The lowest BCUT2D eigenvalue weighted by molar-refractivity contribution is 0.275. The van der Waals surface area contributed by atoms with Crippen LogP contribution in [0.3, 0.4) is 0 Å². The van der Waals surface area contributed by atoms with Crippen LogP contribution in [0.1, 0.15) is 16.8 Å². The van der Waals surface area contributed by atoms with Crippen molar-refractivity contribution in [2.24, 2.45) is 0 Å². The van der Waals surface area contributed by atoms with Crippen molar-refractivity contribution in [2.45, 2.75) is 20.1 Å². The van der Waals surface area contributed by atoms with Gasteiger partial charge in [-0.1, -0.05) is 12.1 Å². The Morgan fingerprint density at radius 1 is 1.33 bits per heavy atom. The van der Waals surface area contributed by atoms with Gasteiger partial charge in [-0.3, -0.25) is 4.98 Å². The van der Waals surface area contributed by atoms with Crippen molar-refractivity contribution in [1.29, 1.82) is 0 Å². The van der Waals surface area contributed by atoms with E-state index in [-0.39, 0.29) is 19.0 Å². The number of aromatic nitrogens is 1. The number of nitrogens with zero attached hydrogens (tertiary/aromatic N) is 1. The number of hydrogen-bond acceptors (Lipinski definition) is 3. The highest BCUT2D eigenvalue weighted by Gasteiger charge is 2.06. The molecule has 1 aromatic carbocycles. The monoisotopic (exact) mass is 247 g/mol. The number of pyridine rings is 1. The highest BCUT2D eigenvalue weighted by molar-refractivity contribution is 5.29. The van der Waals surface area contributed by atoms with Crippen molar-refractivity contribution in [3.05, 3.63) is 59.2 Å². The Kier molecular flexibility index (Phi) is 3.89. The topological polar surface area (TPSA) is 42.4 Å². The van der Waals surface area contributed by atoms with Crippen LogP contribution in [-0.4, -0.2) is 10.1 Å². The minimum Gasteiger partial charge on any atom is -0.484 e. The molecule has 1 N–H and O–H groups in total. The first-order chi connectivity index (χ1) is 8.70. The van der Waals surface area contributed by atoms with Gasteiger partial charge in [0.25, 0.3) is 0 Å². The van der Waals surface area contributed by atoms with Gasteiger partial charge in [0.15, 0.2) is 11.6 Å². The average Bonchev–Trinajstić information content (AvgIpc) is 2.39. The van der Waals surface area contributed by atoms with Crippen LogP contribution in [0.4, 0.5) is 4.39 Å². The van der Waals surface area contributed by atoms with Gasteiger partial charge in [-0.05, 0) is 36.2 Å². The Bertz CT molecular complexity index is 543. The second kappa shape index (κ2) is 5.60. The maximum atomic E-state index is 13.6. The molecule has 1 heterocycles. The number of aliphatic hydroxyl groups is 1. The predicted octanol–water partition coefficient (Wildman–Crippen LogP) is 2.60. The summed E-state index contributed by atoms with van der Waals surface area (Å²) in [5.74, 6) is -0.313. The number of rotatable bonds is 4. The lowest BCUT2D eigenvalue weighted by Crippen LogP contribution is -2.02. The third kappa shape index (κ3) is 2.84. The first-order valence-corrected chi connectivity index (χ1v) is 5.63. The van der Waals surface area contributed by atoms with Crippen molar-refractivity contribution < 1.29 is 14.2 Å². The van der Waals surface area contributed by atoms with E-state index in [9.17, 15) is 4.39 Å². The highest BCUT2D eigenvalue weighted by atomic mass is 19.1. The second-order valence-corrected chi connectivity index (χ2v) is 3.98. The lowest BCUT2D eigenvalue weighted by Gasteiger charge is -2.09. The Morgan fingerprint density at radius 3 is 2.83 bits per heavy atom. The molecule has 0 saturated heterocycles. The van der Waals surface area contributed by atoms with Crippen molar-refractivity contribution in [3.63, 3.8) is 0 Å². The molecule has 0 unspecified atom stereocenters. The second-order valence-electron chi connectivity index (χ2n) is 3.98. The lowest BCUT2D eigenvalue weighted by atomic mass is 10.2. The van der Waals surface area contributed by atoms with Gasteiger partial charge in [0.1, 0.15) is 6.61 Å². The molecule has 0 spiro atoms. The van der Waals surface area contributed by atoms with E-state index < -0.39 is 5.82 Å². The SMILES string of the molecule is Cc1cccnc1COc1ccc(CO)cc1F. The largest absolute Gasteiger partial charge is 0.484 e. The number of halogens is 1. The standard InChI is InChI=1S/C14H14FNO2/c1-10-3-2-6-16-13(10)9-18-14-5-4-11(8-17)7-12(14)15/h2-7,17H,8-9H2,1H3. The maximum Gasteiger partial charge on any atom is 0.165 e. The van der Waals surface area contributed by atoms with Crippen LogP contribution >= 0.6 is 0 Å². The van der Waals surface area contributed by atoms with E-state index >= 15 is 0 Å². The van der Waals surface area contributed by atoms with E-state index in [0.717, 1.165) is 11.3 Å². The van der Waals surface area contributed by atoms with Crippen molar-refractivity contribution in [2.75, 3.05) is 0 Å². The molecule has 0 aliphatic rings. The molecular weight excluding hydrogens is 233 g/mol. The molecule has 0 aliphatic heterocycles. The normalized spacial score (nSPS) is 10.4. The fourth-order valence-corrected chi connectivity index (χ4v) is 1.58. The molecule has 0 aliphatic carbocycles. The third-order valence-electron chi connectivity index (χ3n) is 2.66. The van der Waals surface area contributed by atoms with E-state index in [1.165, 1.54) is 12.1 Å². The molecule has 0 fully saturated rings. The van der Waals surface area contributed by atoms with Crippen molar-refractivity contribution >= 4 is 0 Å². The van der Waals surface area contributed by atoms with E-state index in [1.807, 2.05) is 19.1 Å². The summed E-state index contributed by atoms with van der Waals surface area (Å²) in [5, 5.41) is 8.88. The van der Waals surface area contributed by atoms with Crippen LogP contribution in [0.2, 0.25) is 0 Å². The van der Waals surface area contributed by atoms with E-state index in [2.05, 4.69) is 4.98 Å². The Hall–Kier alpha value is -1.94. The van der Waals surface area contributed by atoms with Gasteiger partial charge < -0.3 is 9.84 Å². The molecule has 0 bridgehead atoms. The zero-order chi connectivity index (χ0) is 13.0. The van der Waals surface area contributed by atoms with Crippen LogP contribution in [0, 0.1) is 12.7 Å². The number of benzene rings is 1. The quantitative estimate of drug-likeness (QED) is 0.903. The summed E-state index contributed by atoms with van der Waals surface area (Å²) in [6.45, 7) is 1.97. The summed E-state index contributed by atoms with van der Waals surface area (Å²) in [5.41, 5.74) is 2.31. The summed E-state index contributed by atoms with van der Waals surface area (Å²) in [4.78, 5) is 4.17. The summed E-state index contributed by atoms with van der Waals surface area (Å²) in [6, 6.07) is 8.18. The van der Waals surface area contributed by atoms with Gasteiger partial charge in [-0.25, -0.2) is 4.39 Å². The Balaban J connectivity index is 2.09. The van der Waals surface area contributed by atoms with E-state index in [0.29, 0.717) is 5.56 Å². The number of hydrogen-bond donors (Lipinski definition) is 1. The highest BCUT2D eigenvalue weighted by Crippen LogP contribution is 2.19. The van der Waals surface area contributed by atoms with Crippen molar-refractivity contribution in [3.8, 4) is 5.75 Å². The molecule has 2 aromatic rings. The summed E-state index contributed by atoms with van der Waals surface area (Å²) in [7, 11) is 0. The molecule has 0 atom stereocenters. The van der Waals surface area contributed by atoms with Gasteiger partial charge >= 0.3 is 0 Å². The molecule has 4 heteroatoms. The molecule has 94 valence electrons. The van der Waals surface area contributed by atoms with Crippen LogP contribution in [0.25, 0.3) is 0 Å². The van der Waals surface area contributed by atoms with Crippen LogP contribution < -0.4 is 4.74 Å². The van der Waals surface area contributed by atoms with Gasteiger partial charge in [-0.15, -0.1) is 0 Å². The summed E-state index contributed by atoms with van der Waals surface area (Å²) >= 11 is 0. The molecule has 0 radical (unpaired) electrons. The molecule has 0 saturated carbocycles. The molecular formula is C14H14FNO2. The van der Waals surface area contributed by atoms with Gasteiger partial charge in [-0.2, -0.15) is 0 Å². The van der Waals surface area contributed by atoms with Crippen LogP contribution in [0.15, 0.2) is 36.5 Å². The molecule has 2 rings (SSSR count). The van der Waals surface area contributed by atoms with Crippen molar-refractivity contribution in [1.82, 2.24) is 4.98 Å². The predicted molar refractivity (Wildman–Crippen MR) is 65.6 cm³/mol. The molecule has 1 aromatic heterocycles. The minimum absolute atomic E-state index is 0.164. The maximum absolute atomic E-state index is 13.6. The van der Waals surface area contributed by atoms with Gasteiger partial charge in [0, 0.05) is 6.20 Å². The van der Waals surface area contributed by atoms with E-state index in [1.54, 1.807) is 12.3 Å². The zero-order valence-corrected chi connectivity index (χ0v) is 10.1. The van der Waals surface area contributed by atoms with Crippen LogP contribution in [0.5, 0.6) is 5.75 Å². The first kappa shape index (κ1) is 12.5. The van der Waals surface area contributed by atoms with Crippen LogP contribution in [-0.2, 0) is 13.2 Å². The summed E-state index contributed by atoms with van der Waals surface area (Å²) in [6.07, 6.45) is 1.68. The van der Waals surface area contributed by atoms with E-state index in [4.69, 9.17) is 9.84 Å². The number of aryl methyl sites for hydroxylation is 1. The average molecular weight is 247 g/mol. The number of aliphatic hydroxyl groups excluding tert-OH is 1. The van der Waals surface area contributed by atoms with Gasteiger partial charge in [0.05, 0.1) is 12.3 Å². The zero-order valence-electron chi connectivity index (χ0n) is 10.1. The molecule has 3 nitrogen and oxygen atoms in total. The number of ether oxygens (including phenoxy) is 1. The fourth-order valence-electron chi connectivity index (χ4n) is 1.58. The Morgan fingerprint density at radius 2 is 2.17 bits per heavy atom. The third-order valence-corrected chi connectivity index (χ3v) is 2.66. The fraction of sp³-hybridized carbons (Fsp3) is 0.214. The molecule has 18 heavy (non-hydrogen) atoms. The minimum atomic E-state index is -0.477. The first-order valence-electron chi connectivity index (χ1n) is 5.63. The Labute approximate surface area is 105 Å². The van der Waals surface area contributed by atoms with Gasteiger partial charge in [0.2, 0.25) is 0 Å². The molecule has 0 amide bonds. The smallest absolute Gasteiger partial charge is 0.165 e.